The van der Waals surface area contributed by atoms with Crippen molar-refractivity contribution in [2.75, 3.05) is 13.6 Å². The molecule has 1 atom stereocenters. The van der Waals surface area contributed by atoms with Gasteiger partial charge in [0.2, 0.25) is 0 Å². The molecular weight excluding hydrogens is 353 g/mol. The molecule has 0 aromatic carbocycles. The van der Waals surface area contributed by atoms with Crippen LogP contribution in [-0.2, 0) is 7.05 Å². The topological polar surface area (TPSA) is 91.8 Å². The molecule has 1 aliphatic rings. The van der Waals surface area contributed by atoms with Gasteiger partial charge in [-0.25, -0.2) is 4.98 Å². The predicted molar refractivity (Wildman–Crippen MR) is 98.7 cm³/mol. The number of likely N-dealkylation sites (N-methyl/N-ethyl adjacent to an activating group) is 1. The van der Waals surface area contributed by atoms with Gasteiger partial charge in [-0.15, -0.1) is 24.8 Å². The molecule has 24 heavy (non-hydrogen) atoms. The Kier molecular flexibility index (Phi) is 6.83. The summed E-state index contributed by atoms with van der Waals surface area (Å²) in [7, 11) is 3.58. The van der Waals surface area contributed by atoms with E-state index in [-0.39, 0.29) is 42.3 Å². The van der Waals surface area contributed by atoms with Crippen molar-refractivity contribution in [3.05, 3.63) is 27.7 Å². The summed E-state index contributed by atoms with van der Waals surface area (Å²) < 4.78 is 1.58. The lowest BCUT2D eigenvalue weighted by molar-refractivity contribution is 0.0952. The van der Waals surface area contributed by atoms with Gasteiger partial charge >= 0.3 is 0 Å². The first-order chi connectivity index (χ1) is 10.5. The third kappa shape index (κ3) is 3.91. The highest BCUT2D eigenvalue weighted by Crippen LogP contribution is 2.39. The number of fused-ring (bicyclic) bond motifs is 1. The highest BCUT2D eigenvalue weighted by atomic mass is 35.5. The van der Waals surface area contributed by atoms with Crippen LogP contribution in [0.4, 0.5) is 0 Å². The van der Waals surface area contributed by atoms with E-state index in [1.165, 1.54) is 0 Å². The lowest BCUT2D eigenvalue weighted by Crippen LogP contribution is -2.37. The number of hydrogen-bond donors (Lipinski definition) is 3. The van der Waals surface area contributed by atoms with Gasteiger partial charge in [0, 0.05) is 31.2 Å². The summed E-state index contributed by atoms with van der Waals surface area (Å²) in [5, 5.41) is 8.98. The molecular formula is C15H23Cl2N5O2. The fourth-order valence-corrected chi connectivity index (χ4v) is 2.49. The average molecular weight is 376 g/mol. The molecule has 9 heteroatoms. The van der Waals surface area contributed by atoms with Gasteiger partial charge in [-0.2, -0.15) is 0 Å². The zero-order valence-electron chi connectivity index (χ0n) is 13.9. The summed E-state index contributed by atoms with van der Waals surface area (Å²) in [4.78, 5) is 29.2. The number of nitrogens with one attached hydrogen (secondary N) is 3. The number of rotatable bonds is 5. The van der Waals surface area contributed by atoms with Crippen molar-refractivity contribution in [3.63, 3.8) is 0 Å². The lowest BCUT2D eigenvalue weighted by Gasteiger charge is -2.12. The van der Waals surface area contributed by atoms with Crippen molar-refractivity contribution in [1.82, 2.24) is 25.4 Å². The quantitative estimate of drug-likeness (QED) is 0.734. The van der Waals surface area contributed by atoms with Crippen molar-refractivity contribution in [1.29, 1.82) is 0 Å². The fraction of sp³-hybridized carbons (Fsp3) is 0.533. The van der Waals surface area contributed by atoms with E-state index in [0.29, 0.717) is 29.1 Å². The molecule has 1 unspecified atom stereocenters. The molecule has 0 radical (unpaired) electrons. The molecule has 7 nitrogen and oxygen atoms in total. The summed E-state index contributed by atoms with van der Waals surface area (Å²) in [6, 6.07) is 1.94. The number of H-pyrrole nitrogens is 1. The molecule has 0 spiro atoms. The van der Waals surface area contributed by atoms with Crippen LogP contribution >= 0.6 is 24.8 Å². The number of hydrogen-bond acceptors (Lipinski definition) is 4. The number of halogens is 2. The van der Waals surface area contributed by atoms with E-state index in [9.17, 15) is 9.59 Å². The monoisotopic (exact) mass is 375 g/mol. The van der Waals surface area contributed by atoms with E-state index in [2.05, 4.69) is 20.7 Å². The molecule has 0 aliphatic heterocycles. The van der Waals surface area contributed by atoms with Crippen LogP contribution in [0, 0.1) is 0 Å². The second-order valence-corrected chi connectivity index (χ2v) is 5.97. The second-order valence-electron chi connectivity index (χ2n) is 5.97. The van der Waals surface area contributed by atoms with E-state index in [4.69, 9.17) is 0 Å². The molecule has 1 aliphatic carbocycles. The Hall–Kier alpha value is -1.57. The number of carbonyl (C=O) groups is 1. The Morgan fingerprint density at radius 2 is 2.12 bits per heavy atom. The van der Waals surface area contributed by atoms with Crippen LogP contribution in [0.1, 0.15) is 41.7 Å². The van der Waals surface area contributed by atoms with Crippen molar-refractivity contribution in [2.24, 2.45) is 7.05 Å². The number of aryl methyl sites for hydroxylation is 1. The van der Waals surface area contributed by atoms with Gasteiger partial charge in [0.1, 0.15) is 0 Å². The second kappa shape index (κ2) is 8.00. The van der Waals surface area contributed by atoms with Gasteiger partial charge in [-0.05, 0) is 32.9 Å². The fourth-order valence-electron chi connectivity index (χ4n) is 2.49. The predicted octanol–water partition coefficient (Wildman–Crippen LogP) is 1.32. The first kappa shape index (κ1) is 20.5. The standard InChI is InChI=1S/C15H21N5O2.2ClH/c1-8(16-2)7-17-14(21)10-6-11(9-4-5-9)18-13-12(10)15(22)19-20(13)3;;/h6,8-9,16H,4-5,7H2,1-3H3,(H,17,21)(H,19,22);2*1H. The molecule has 2 heterocycles. The van der Waals surface area contributed by atoms with Gasteiger partial charge in [-0.1, -0.05) is 0 Å². The van der Waals surface area contributed by atoms with Crippen LogP contribution in [0.15, 0.2) is 10.9 Å². The van der Waals surface area contributed by atoms with E-state index in [1.807, 2.05) is 14.0 Å². The summed E-state index contributed by atoms with van der Waals surface area (Å²) in [6.45, 7) is 2.48. The zero-order valence-corrected chi connectivity index (χ0v) is 15.5. The van der Waals surface area contributed by atoms with Gasteiger partial charge in [0.15, 0.2) is 5.65 Å². The third-order valence-corrected chi connectivity index (χ3v) is 4.14. The molecule has 2 aromatic rings. The third-order valence-electron chi connectivity index (χ3n) is 4.14. The molecule has 1 amide bonds. The van der Waals surface area contributed by atoms with Gasteiger partial charge in [-0.3, -0.25) is 19.4 Å². The van der Waals surface area contributed by atoms with E-state index in [0.717, 1.165) is 18.5 Å². The van der Waals surface area contributed by atoms with Crippen LogP contribution in [0.25, 0.3) is 11.0 Å². The maximum atomic E-state index is 12.5. The van der Waals surface area contributed by atoms with E-state index in [1.54, 1.807) is 17.8 Å². The molecule has 1 fully saturated rings. The lowest BCUT2D eigenvalue weighted by atomic mass is 10.1. The minimum Gasteiger partial charge on any atom is -0.350 e. The molecule has 0 bridgehead atoms. The van der Waals surface area contributed by atoms with Crippen molar-refractivity contribution in [2.45, 2.75) is 31.7 Å². The first-order valence-corrected chi connectivity index (χ1v) is 7.56. The maximum Gasteiger partial charge on any atom is 0.274 e. The summed E-state index contributed by atoms with van der Waals surface area (Å²) in [5.74, 6) is 0.185. The molecule has 3 N–H and O–H groups in total. The largest absolute Gasteiger partial charge is 0.350 e. The smallest absolute Gasteiger partial charge is 0.274 e. The number of aromatic nitrogens is 3. The Bertz CT molecular complexity index is 782. The maximum absolute atomic E-state index is 12.5. The first-order valence-electron chi connectivity index (χ1n) is 7.56. The number of amides is 1. The van der Waals surface area contributed by atoms with Crippen LogP contribution < -0.4 is 16.2 Å². The Morgan fingerprint density at radius 3 is 2.71 bits per heavy atom. The number of nitrogens with zero attached hydrogens (tertiary/aromatic N) is 2. The summed E-state index contributed by atoms with van der Waals surface area (Å²) in [6.07, 6.45) is 2.18. The van der Waals surface area contributed by atoms with Crippen molar-refractivity contribution < 1.29 is 4.79 Å². The van der Waals surface area contributed by atoms with Crippen LogP contribution in [0.2, 0.25) is 0 Å². The Labute approximate surface area is 152 Å². The van der Waals surface area contributed by atoms with E-state index >= 15 is 0 Å². The van der Waals surface area contributed by atoms with Crippen LogP contribution in [0.5, 0.6) is 0 Å². The van der Waals surface area contributed by atoms with Crippen molar-refractivity contribution >= 4 is 41.8 Å². The molecule has 3 rings (SSSR count). The van der Waals surface area contributed by atoms with Gasteiger partial charge in [0.25, 0.3) is 11.5 Å². The van der Waals surface area contributed by atoms with Gasteiger partial charge in [0.05, 0.1) is 10.9 Å². The Balaban J connectivity index is 0.00000144. The number of aromatic amines is 1. The number of carbonyl (C=O) groups excluding carboxylic acids is 1. The average Bonchev–Trinajstić information content (AvgIpc) is 3.31. The summed E-state index contributed by atoms with van der Waals surface area (Å²) >= 11 is 0. The van der Waals surface area contributed by atoms with E-state index < -0.39 is 0 Å². The molecule has 0 saturated heterocycles. The highest BCUT2D eigenvalue weighted by Gasteiger charge is 2.28. The SMILES string of the molecule is CNC(C)CNC(=O)c1cc(C2CC2)nc2c1c(=O)[nH]n2C.Cl.Cl. The molecule has 134 valence electrons. The van der Waals surface area contributed by atoms with Crippen LogP contribution in [-0.4, -0.2) is 40.3 Å². The van der Waals surface area contributed by atoms with Gasteiger partial charge < -0.3 is 10.6 Å². The minimum absolute atomic E-state index is 0. The zero-order chi connectivity index (χ0) is 15.9. The minimum atomic E-state index is -0.279. The van der Waals surface area contributed by atoms with Crippen molar-refractivity contribution in [3.8, 4) is 0 Å². The normalized spacial score (nSPS) is 14.6. The summed E-state index contributed by atoms with van der Waals surface area (Å²) in [5.41, 5.74) is 1.58. The van der Waals surface area contributed by atoms with Crippen LogP contribution in [0.3, 0.4) is 0 Å². The molecule has 2 aromatic heterocycles. The number of pyridine rings is 1. The highest BCUT2D eigenvalue weighted by molar-refractivity contribution is 6.05. The Morgan fingerprint density at radius 1 is 1.46 bits per heavy atom. The molecule has 1 saturated carbocycles.